The van der Waals surface area contributed by atoms with Gasteiger partial charge in [0.25, 0.3) is 0 Å². The largest absolute Gasteiger partial charge is 0.467 e. The van der Waals surface area contributed by atoms with Crippen molar-refractivity contribution in [2.45, 2.75) is 32.0 Å². The van der Waals surface area contributed by atoms with E-state index in [-0.39, 0.29) is 24.5 Å². The molecule has 130 valence electrons. The fourth-order valence-corrected chi connectivity index (χ4v) is 2.83. The average molecular weight is 351 g/mol. The van der Waals surface area contributed by atoms with E-state index in [1.807, 2.05) is 42.5 Å². The van der Waals surface area contributed by atoms with Gasteiger partial charge in [-0.05, 0) is 43.6 Å². The molecule has 2 aromatic rings. The molecule has 0 spiro atoms. The molecule has 6 heteroatoms. The van der Waals surface area contributed by atoms with Crippen LogP contribution < -0.4 is 5.32 Å². The Bertz CT molecular complexity index is 598. The first-order chi connectivity index (χ1) is 11.3. The topological polar surface area (TPSA) is 54.7 Å². The van der Waals surface area contributed by atoms with E-state index in [0.29, 0.717) is 13.2 Å². The number of ether oxygens (including phenoxy) is 1. The molecule has 0 atom stereocenters. The number of amides is 1. The van der Waals surface area contributed by atoms with Crippen molar-refractivity contribution in [3.05, 3.63) is 60.1 Å². The molecule has 1 fully saturated rings. The molecule has 24 heavy (non-hydrogen) atoms. The number of hydrogen-bond donors (Lipinski definition) is 1. The summed E-state index contributed by atoms with van der Waals surface area (Å²) in [6.07, 6.45) is 3.21. The standard InChI is InChI=1S/C18H22N2O3.ClH/c21-18(23-14-15-5-2-1-3-6-15)20(13-17-7-4-12-22-17)16-8-10-19-11-9-16;/h1-7,12,16,19H,8-11,13-14H2;1H. The van der Waals surface area contributed by atoms with Gasteiger partial charge in [0.2, 0.25) is 0 Å². The Labute approximate surface area is 148 Å². The molecule has 0 aliphatic carbocycles. The third-order valence-electron chi connectivity index (χ3n) is 4.10. The number of benzene rings is 1. The van der Waals surface area contributed by atoms with Crippen molar-refractivity contribution in [1.82, 2.24) is 10.2 Å². The molecule has 5 nitrogen and oxygen atoms in total. The number of carbonyl (C=O) groups excluding carboxylic acids is 1. The molecule has 0 bridgehead atoms. The normalized spacial score (nSPS) is 14.7. The van der Waals surface area contributed by atoms with Gasteiger partial charge in [0.05, 0.1) is 12.8 Å². The molecule has 0 radical (unpaired) electrons. The maximum absolute atomic E-state index is 12.6. The maximum Gasteiger partial charge on any atom is 0.410 e. The van der Waals surface area contributed by atoms with Gasteiger partial charge in [-0.15, -0.1) is 12.4 Å². The maximum atomic E-state index is 12.6. The van der Waals surface area contributed by atoms with Crippen LogP contribution in [0.5, 0.6) is 0 Å². The minimum atomic E-state index is -0.280. The van der Waals surface area contributed by atoms with E-state index < -0.39 is 0 Å². The van der Waals surface area contributed by atoms with Crippen LogP contribution in [0.25, 0.3) is 0 Å². The van der Waals surface area contributed by atoms with Gasteiger partial charge in [0.1, 0.15) is 12.4 Å². The van der Waals surface area contributed by atoms with Crippen LogP contribution in [-0.4, -0.2) is 30.1 Å². The van der Waals surface area contributed by atoms with Crippen LogP contribution in [0.15, 0.2) is 53.1 Å². The molecule has 0 saturated carbocycles. The van der Waals surface area contributed by atoms with E-state index in [2.05, 4.69) is 5.32 Å². The lowest BCUT2D eigenvalue weighted by Crippen LogP contribution is -2.45. The fraction of sp³-hybridized carbons (Fsp3) is 0.389. The van der Waals surface area contributed by atoms with Gasteiger partial charge in [-0.25, -0.2) is 4.79 Å². The van der Waals surface area contributed by atoms with E-state index in [9.17, 15) is 4.79 Å². The Balaban J connectivity index is 0.00000208. The van der Waals surface area contributed by atoms with Crippen molar-refractivity contribution < 1.29 is 13.9 Å². The van der Waals surface area contributed by atoms with Crippen LogP contribution >= 0.6 is 12.4 Å². The van der Waals surface area contributed by atoms with E-state index in [1.54, 1.807) is 11.2 Å². The van der Waals surface area contributed by atoms with Crippen LogP contribution in [0.3, 0.4) is 0 Å². The lowest BCUT2D eigenvalue weighted by atomic mass is 10.1. The summed E-state index contributed by atoms with van der Waals surface area (Å²) in [5.41, 5.74) is 0.990. The van der Waals surface area contributed by atoms with Crippen LogP contribution in [0, 0.1) is 0 Å². The van der Waals surface area contributed by atoms with Gasteiger partial charge in [-0.2, -0.15) is 0 Å². The highest BCUT2D eigenvalue weighted by molar-refractivity contribution is 5.85. The highest BCUT2D eigenvalue weighted by atomic mass is 35.5. The molecule has 1 aliphatic rings. The summed E-state index contributed by atoms with van der Waals surface area (Å²) in [6, 6.07) is 13.6. The molecular formula is C18H23ClN2O3. The molecule has 3 rings (SSSR count). The summed E-state index contributed by atoms with van der Waals surface area (Å²) in [4.78, 5) is 14.4. The van der Waals surface area contributed by atoms with Crippen molar-refractivity contribution >= 4 is 18.5 Å². The number of piperidine rings is 1. The quantitative estimate of drug-likeness (QED) is 0.895. The number of nitrogens with one attached hydrogen (secondary N) is 1. The second-order valence-electron chi connectivity index (χ2n) is 5.73. The zero-order valence-corrected chi connectivity index (χ0v) is 14.3. The Morgan fingerprint density at radius 3 is 2.58 bits per heavy atom. The van der Waals surface area contributed by atoms with Gasteiger partial charge in [-0.1, -0.05) is 30.3 Å². The van der Waals surface area contributed by atoms with Crippen LogP contribution in [0.2, 0.25) is 0 Å². The van der Waals surface area contributed by atoms with Crippen molar-refractivity contribution in [1.29, 1.82) is 0 Å². The number of nitrogens with zero attached hydrogens (tertiary/aromatic N) is 1. The van der Waals surface area contributed by atoms with Gasteiger partial charge in [-0.3, -0.25) is 4.90 Å². The van der Waals surface area contributed by atoms with Crippen molar-refractivity contribution in [3.63, 3.8) is 0 Å². The molecule has 0 unspecified atom stereocenters. The monoisotopic (exact) mass is 350 g/mol. The third-order valence-corrected chi connectivity index (χ3v) is 4.10. The Morgan fingerprint density at radius 1 is 1.17 bits per heavy atom. The highest BCUT2D eigenvalue weighted by Gasteiger charge is 2.27. The molecule has 1 N–H and O–H groups in total. The van der Waals surface area contributed by atoms with E-state index in [4.69, 9.17) is 9.15 Å². The minimum Gasteiger partial charge on any atom is -0.467 e. The Kier molecular flexibility index (Phi) is 7.15. The Morgan fingerprint density at radius 2 is 1.92 bits per heavy atom. The number of halogens is 1. The van der Waals surface area contributed by atoms with Gasteiger partial charge >= 0.3 is 6.09 Å². The first-order valence-electron chi connectivity index (χ1n) is 8.03. The summed E-state index contributed by atoms with van der Waals surface area (Å²) in [7, 11) is 0. The van der Waals surface area contributed by atoms with E-state index in [1.165, 1.54) is 0 Å². The number of hydrogen-bond acceptors (Lipinski definition) is 4. The van der Waals surface area contributed by atoms with E-state index >= 15 is 0 Å². The molecule has 1 aromatic heterocycles. The summed E-state index contributed by atoms with van der Waals surface area (Å²) in [5, 5.41) is 3.32. The minimum absolute atomic E-state index is 0. The number of carbonyl (C=O) groups is 1. The molecule has 2 heterocycles. The lowest BCUT2D eigenvalue weighted by Gasteiger charge is -2.33. The van der Waals surface area contributed by atoms with Crippen LogP contribution in [-0.2, 0) is 17.9 Å². The van der Waals surface area contributed by atoms with Crippen molar-refractivity contribution in [3.8, 4) is 0 Å². The Hall–Kier alpha value is -1.98. The fourth-order valence-electron chi connectivity index (χ4n) is 2.83. The van der Waals surface area contributed by atoms with E-state index in [0.717, 1.165) is 37.3 Å². The molecular weight excluding hydrogens is 328 g/mol. The smallest absolute Gasteiger partial charge is 0.410 e. The van der Waals surface area contributed by atoms with Crippen LogP contribution in [0.4, 0.5) is 4.79 Å². The van der Waals surface area contributed by atoms with Crippen molar-refractivity contribution in [2.24, 2.45) is 0 Å². The first-order valence-corrected chi connectivity index (χ1v) is 8.03. The van der Waals surface area contributed by atoms with Gasteiger partial charge in [0.15, 0.2) is 0 Å². The third kappa shape index (κ3) is 5.01. The highest BCUT2D eigenvalue weighted by Crippen LogP contribution is 2.18. The second-order valence-corrected chi connectivity index (χ2v) is 5.73. The summed E-state index contributed by atoms with van der Waals surface area (Å²) in [6.45, 7) is 2.58. The zero-order valence-electron chi connectivity index (χ0n) is 13.5. The average Bonchev–Trinajstić information content (AvgIpc) is 3.12. The molecule has 1 aromatic carbocycles. The molecule has 1 amide bonds. The lowest BCUT2D eigenvalue weighted by molar-refractivity contribution is 0.0668. The SMILES string of the molecule is Cl.O=C(OCc1ccccc1)N(Cc1ccco1)C1CCNCC1. The second kappa shape index (κ2) is 9.35. The summed E-state index contributed by atoms with van der Waals surface area (Å²) < 4.78 is 10.9. The summed E-state index contributed by atoms with van der Waals surface area (Å²) >= 11 is 0. The van der Waals surface area contributed by atoms with Crippen molar-refractivity contribution in [2.75, 3.05) is 13.1 Å². The molecule has 1 saturated heterocycles. The van der Waals surface area contributed by atoms with Gasteiger partial charge in [0, 0.05) is 6.04 Å². The number of furan rings is 1. The first kappa shape index (κ1) is 18.4. The predicted molar refractivity (Wildman–Crippen MR) is 94.0 cm³/mol. The summed E-state index contributed by atoms with van der Waals surface area (Å²) in [5.74, 6) is 0.778. The molecule has 1 aliphatic heterocycles. The van der Waals surface area contributed by atoms with Crippen LogP contribution in [0.1, 0.15) is 24.2 Å². The zero-order chi connectivity index (χ0) is 15.9. The number of rotatable bonds is 5. The van der Waals surface area contributed by atoms with Gasteiger partial charge < -0.3 is 14.5 Å². The predicted octanol–water partition coefficient (Wildman–Crippen LogP) is 3.59.